The molecule has 1 atom stereocenters. The van der Waals surface area contributed by atoms with Crippen LogP contribution in [0.25, 0.3) is 0 Å². The third kappa shape index (κ3) is 3.56. The van der Waals surface area contributed by atoms with Crippen LogP contribution in [0.4, 0.5) is 0 Å². The number of nitrogens with zero attached hydrogens (tertiary/aromatic N) is 4. The molecule has 1 amide bonds. The van der Waals surface area contributed by atoms with Crippen LogP contribution in [0.3, 0.4) is 0 Å². The molecule has 0 N–H and O–H groups in total. The Labute approximate surface area is 164 Å². The number of ether oxygens (including phenoxy) is 1. The van der Waals surface area contributed by atoms with Gasteiger partial charge in [-0.1, -0.05) is 6.07 Å². The van der Waals surface area contributed by atoms with E-state index in [1.807, 2.05) is 31.1 Å². The Kier molecular flexibility index (Phi) is 5.34. The summed E-state index contributed by atoms with van der Waals surface area (Å²) in [6.45, 7) is 8.93. The second kappa shape index (κ2) is 7.73. The van der Waals surface area contributed by atoms with Crippen LogP contribution in [0.5, 0.6) is 0 Å². The number of rotatable bonds is 5. The predicted octanol–water partition coefficient (Wildman–Crippen LogP) is 2.70. The molecule has 4 heterocycles. The van der Waals surface area contributed by atoms with Gasteiger partial charge in [0, 0.05) is 50.0 Å². The SMILES string of the molecule is CCN(CC)C(=O)[C@H]1Cn2ccnc2C2(CCN(Cc3cccs3)CC2)O1. The summed E-state index contributed by atoms with van der Waals surface area (Å²) >= 11 is 1.81. The monoisotopic (exact) mass is 388 g/mol. The summed E-state index contributed by atoms with van der Waals surface area (Å²) in [5.74, 6) is 1.08. The van der Waals surface area contributed by atoms with Crippen molar-refractivity contribution < 1.29 is 9.53 Å². The molecule has 2 aliphatic heterocycles. The Hall–Kier alpha value is -1.70. The third-order valence-corrected chi connectivity index (χ3v) is 6.69. The zero-order valence-corrected chi connectivity index (χ0v) is 17.0. The van der Waals surface area contributed by atoms with Crippen LogP contribution in [-0.4, -0.2) is 57.5 Å². The van der Waals surface area contributed by atoms with E-state index in [0.717, 1.165) is 38.3 Å². The highest BCUT2D eigenvalue weighted by atomic mass is 32.1. The molecule has 2 aromatic heterocycles. The minimum atomic E-state index is -0.443. The zero-order chi connectivity index (χ0) is 18.9. The van der Waals surface area contributed by atoms with Crippen molar-refractivity contribution in [1.29, 1.82) is 0 Å². The van der Waals surface area contributed by atoms with Crippen molar-refractivity contribution in [3.8, 4) is 0 Å². The Bertz CT molecular complexity index is 761. The standard InChI is InChI=1S/C20H28N4O2S/c1-3-23(4-2)18(25)17-15-24-12-9-21-19(24)20(26-17)7-10-22(11-8-20)14-16-6-5-13-27-16/h5-6,9,12-13,17H,3-4,7-8,10-11,14-15H2,1-2H3/t17-/m1/s1. The fourth-order valence-corrected chi connectivity index (χ4v) is 5.05. The molecule has 146 valence electrons. The quantitative estimate of drug-likeness (QED) is 0.790. The van der Waals surface area contributed by atoms with Crippen molar-refractivity contribution in [1.82, 2.24) is 19.4 Å². The maximum absolute atomic E-state index is 13.0. The number of imidazole rings is 1. The third-order valence-electron chi connectivity index (χ3n) is 5.83. The number of hydrogen-bond donors (Lipinski definition) is 0. The van der Waals surface area contributed by atoms with E-state index >= 15 is 0 Å². The summed E-state index contributed by atoms with van der Waals surface area (Å²) in [7, 11) is 0. The summed E-state index contributed by atoms with van der Waals surface area (Å²) in [4.78, 5) is 23.3. The number of likely N-dealkylation sites (N-methyl/N-ethyl adjacent to an activating group) is 1. The molecule has 1 spiro atoms. The molecule has 0 saturated carbocycles. The van der Waals surface area contributed by atoms with Gasteiger partial charge in [-0.2, -0.15) is 0 Å². The first kappa shape index (κ1) is 18.7. The smallest absolute Gasteiger partial charge is 0.253 e. The lowest BCUT2D eigenvalue weighted by atomic mass is 9.88. The normalized spacial score (nSPS) is 21.9. The molecule has 0 radical (unpaired) electrons. The van der Waals surface area contributed by atoms with Crippen LogP contribution < -0.4 is 0 Å². The van der Waals surface area contributed by atoms with Gasteiger partial charge in [-0.25, -0.2) is 4.98 Å². The number of hydrogen-bond acceptors (Lipinski definition) is 5. The van der Waals surface area contributed by atoms with Crippen molar-refractivity contribution in [2.24, 2.45) is 0 Å². The molecule has 6 nitrogen and oxygen atoms in total. The maximum Gasteiger partial charge on any atom is 0.253 e. The summed E-state index contributed by atoms with van der Waals surface area (Å²) in [6.07, 6.45) is 5.15. The van der Waals surface area contributed by atoms with Crippen LogP contribution in [0.2, 0.25) is 0 Å². The molecule has 2 aromatic rings. The van der Waals surface area contributed by atoms with Crippen LogP contribution in [0.1, 0.15) is 37.4 Å². The van der Waals surface area contributed by atoms with Gasteiger partial charge in [0.15, 0.2) is 6.10 Å². The molecule has 2 aliphatic rings. The largest absolute Gasteiger partial charge is 0.352 e. The molecule has 0 bridgehead atoms. The van der Waals surface area contributed by atoms with Crippen molar-refractivity contribution in [3.63, 3.8) is 0 Å². The molecule has 0 aliphatic carbocycles. The molecule has 7 heteroatoms. The number of fused-ring (bicyclic) bond motifs is 2. The van der Waals surface area contributed by atoms with Crippen LogP contribution >= 0.6 is 11.3 Å². The lowest BCUT2D eigenvalue weighted by Crippen LogP contribution is -2.54. The molecule has 0 unspecified atom stereocenters. The average molecular weight is 389 g/mol. The minimum Gasteiger partial charge on any atom is -0.352 e. The van der Waals surface area contributed by atoms with Gasteiger partial charge in [0.1, 0.15) is 11.4 Å². The van der Waals surface area contributed by atoms with Gasteiger partial charge in [0.05, 0.1) is 6.54 Å². The minimum absolute atomic E-state index is 0.0970. The molecule has 0 aromatic carbocycles. The fraction of sp³-hybridized carbons (Fsp3) is 0.600. The van der Waals surface area contributed by atoms with Crippen LogP contribution in [-0.2, 0) is 28.2 Å². The van der Waals surface area contributed by atoms with Gasteiger partial charge in [-0.3, -0.25) is 9.69 Å². The average Bonchev–Trinajstić information content (AvgIpc) is 3.36. The molecule has 27 heavy (non-hydrogen) atoms. The number of carbonyl (C=O) groups excluding carboxylic acids is 1. The number of likely N-dealkylation sites (tertiary alicyclic amines) is 1. The first-order valence-corrected chi connectivity index (χ1v) is 10.8. The molecule has 4 rings (SSSR count). The summed E-state index contributed by atoms with van der Waals surface area (Å²) in [5, 5.41) is 2.13. The topological polar surface area (TPSA) is 50.6 Å². The van der Waals surface area contributed by atoms with Gasteiger partial charge >= 0.3 is 0 Å². The van der Waals surface area contributed by atoms with Crippen molar-refractivity contribution in [3.05, 3.63) is 40.6 Å². The first-order chi connectivity index (χ1) is 13.1. The summed E-state index contributed by atoms with van der Waals surface area (Å²) in [6, 6.07) is 4.30. The van der Waals surface area contributed by atoms with Gasteiger partial charge in [-0.05, 0) is 38.1 Å². The van der Waals surface area contributed by atoms with E-state index < -0.39 is 11.7 Å². The van der Waals surface area contributed by atoms with Crippen LogP contribution in [0.15, 0.2) is 29.9 Å². The summed E-state index contributed by atoms with van der Waals surface area (Å²) < 4.78 is 8.66. The Morgan fingerprint density at radius 2 is 2.15 bits per heavy atom. The lowest BCUT2D eigenvalue weighted by molar-refractivity contribution is -0.181. The molecule has 1 fully saturated rings. The van der Waals surface area contributed by atoms with Crippen LogP contribution in [0, 0.1) is 0 Å². The Balaban J connectivity index is 1.51. The van der Waals surface area contributed by atoms with E-state index in [1.54, 1.807) is 11.3 Å². The van der Waals surface area contributed by atoms with Crippen molar-refractivity contribution in [2.75, 3.05) is 26.2 Å². The van der Waals surface area contributed by atoms with Gasteiger partial charge in [-0.15, -0.1) is 11.3 Å². The predicted molar refractivity (Wildman–Crippen MR) is 106 cm³/mol. The molecular formula is C20H28N4O2S. The highest BCUT2D eigenvalue weighted by Crippen LogP contribution is 2.40. The van der Waals surface area contributed by atoms with Gasteiger partial charge < -0.3 is 14.2 Å². The molecular weight excluding hydrogens is 360 g/mol. The zero-order valence-electron chi connectivity index (χ0n) is 16.1. The number of piperidine rings is 1. The van der Waals surface area contributed by atoms with E-state index in [9.17, 15) is 4.79 Å². The van der Waals surface area contributed by atoms with E-state index in [4.69, 9.17) is 4.74 Å². The van der Waals surface area contributed by atoms with Crippen molar-refractivity contribution in [2.45, 2.75) is 51.5 Å². The van der Waals surface area contributed by atoms with Gasteiger partial charge in [0.25, 0.3) is 5.91 Å². The van der Waals surface area contributed by atoms with E-state index in [2.05, 4.69) is 32.0 Å². The molecule has 1 saturated heterocycles. The second-order valence-corrected chi connectivity index (χ2v) is 8.40. The van der Waals surface area contributed by atoms with E-state index in [-0.39, 0.29) is 5.91 Å². The second-order valence-electron chi connectivity index (χ2n) is 7.37. The number of carbonyl (C=O) groups is 1. The Morgan fingerprint density at radius 3 is 2.81 bits per heavy atom. The first-order valence-electron chi connectivity index (χ1n) is 9.88. The fourth-order valence-electron chi connectivity index (χ4n) is 4.30. The highest BCUT2D eigenvalue weighted by molar-refractivity contribution is 7.09. The Morgan fingerprint density at radius 1 is 1.37 bits per heavy atom. The highest BCUT2D eigenvalue weighted by Gasteiger charge is 2.47. The maximum atomic E-state index is 13.0. The number of amides is 1. The number of thiophene rings is 1. The van der Waals surface area contributed by atoms with Gasteiger partial charge in [0.2, 0.25) is 0 Å². The summed E-state index contributed by atoms with van der Waals surface area (Å²) in [5.41, 5.74) is -0.443. The number of aromatic nitrogens is 2. The lowest BCUT2D eigenvalue weighted by Gasteiger charge is -2.46. The van der Waals surface area contributed by atoms with E-state index in [1.165, 1.54) is 4.88 Å². The van der Waals surface area contributed by atoms with Crippen molar-refractivity contribution >= 4 is 17.2 Å². The van der Waals surface area contributed by atoms with E-state index in [0.29, 0.717) is 19.6 Å².